The Balaban J connectivity index is 2.28. The van der Waals surface area contributed by atoms with Gasteiger partial charge < -0.3 is 10.6 Å². The molecular weight excluding hydrogens is 346 g/mol. The summed E-state index contributed by atoms with van der Waals surface area (Å²) in [5.41, 5.74) is 4.78. The van der Waals surface area contributed by atoms with Gasteiger partial charge in [-0.25, -0.2) is 0 Å². The molecule has 0 heterocycles. The standard InChI is InChI=1S/C24H29N3O/c1-16(2)19-11-9-10-17(3)22(19)27-23(28)18(14-25)15-26-21-13-8-7-12-20(21)24(4,5)6/h7-13,15-16,26H,1-6H3,(H,27,28)/b18-15-. The van der Waals surface area contributed by atoms with Crippen molar-refractivity contribution >= 4 is 17.3 Å². The van der Waals surface area contributed by atoms with E-state index in [1.165, 1.54) is 6.20 Å². The zero-order valence-electron chi connectivity index (χ0n) is 17.6. The second kappa shape index (κ2) is 8.75. The van der Waals surface area contributed by atoms with Crippen LogP contribution in [0.25, 0.3) is 0 Å². The molecular formula is C24H29N3O. The van der Waals surface area contributed by atoms with Crippen molar-refractivity contribution in [2.24, 2.45) is 0 Å². The van der Waals surface area contributed by atoms with E-state index in [-0.39, 0.29) is 16.9 Å². The minimum Gasteiger partial charge on any atom is -0.360 e. The number of carbonyl (C=O) groups excluding carboxylic acids is 1. The molecule has 4 nitrogen and oxygen atoms in total. The first-order valence-corrected chi connectivity index (χ1v) is 9.52. The molecule has 0 bridgehead atoms. The van der Waals surface area contributed by atoms with Crippen LogP contribution in [0, 0.1) is 18.3 Å². The molecule has 0 atom stereocenters. The summed E-state index contributed by atoms with van der Waals surface area (Å²) in [5, 5.41) is 15.6. The highest BCUT2D eigenvalue weighted by Gasteiger charge is 2.18. The van der Waals surface area contributed by atoms with Crippen molar-refractivity contribution in [1.29, 1.82) is 5.26 Å². The molecule has 0 unspecified atom stereocenters. The Morgan fingerprint density at radius 2 is 1.79 bits per heavy atom. The van der Waals surface area contributed by atoms with Crippen LogP contribution in [0.2, 0.25) is 0 Å². The number of para-hydroxylation sites is 2. The van der Waals surface area contributed by atoms with Gasteiger partial charge in [0.2, 0.25) is 0 Å². The topological polar surface area (TPSA) is 64.9 Å². The van der Waals surface area contributed by atoms with Crippen LogP contribution >= 0.6 is 0 Å². The first kappa shape index (κ1) is 21.2. The van der Waals surface area contributed by atoms with Gasteiger partial charge in [-0.05, 0) is 41.0 Å². The van der Waals surface area contributed by atoms with Gasteiger partial charge in [0, 0.05) is 17.6 Å². The maximum atomic E-state index is 12.7. The van der Waals surface area contributed by atoms with Gasteiger partial charge in [0.1, 0.15) is 11.6 Å². The lowest BCUT2D eigenvalue weighted by Gasteiger charge is -2.22. The van der Waals surface area contributed by atoms with E-state index in [9.17, 15) is 10.1 Å². The molecule has 1 amide bonds. The van der Waals surface area contributed by atoms with E-state index in [0.29, 0.717) is 0 Å². The Labute approximate surface area is 168 Å². The van der Waals surface area contributed by atoms with E-state index in [0.717, 1.165) is 28.1 Å². The fourth-order valence-electron chi connectivity index (χ4n) is 3.08. The third kappa shape index (κ3) is 5.01. The number of hydrogen-bond donors (Lipinski definition) is 2. The van der Waals surface area contributed by atoms with E-state index in [4.69, 9.17) is 0 Å². The third-order valence-electron chi connectivity index (χ3n) is 4.64. The van der Waals surface area contributed by atoms with Crippen molar-refractivity contribution in [3.05, 3.63) is 70.9 Å². The molecule has 0 aliphatic carbocycles. The van der Waals surface area contributed by atoms with Crippen molar-refractivity contribution < 1.29 is 4.79 Å². The number of rotatable bonds is 5. The number of nitrogens with zero attached hydrogens (tertiary/aromatic N) is 1. The van der Waals surface area contributed by atoms with Crippen LogP contribution in [-0.2, 0) is 10.2 Å². The lowest BCUT2D eigenvalue weighted by Crippen LogP contribution is -2.17. The molecule has 2 aromatic rings. The monoisotopic (exact) mass is 375 g/mol. The van der Waals surface area contributed by atoms with E-state index in [2.05, 4.69) is 45.3 Å². The molecule has 0 spiro atoms. The lowest BCUT2D eigenvalue weighted by molar-refractivity contribution is -0.112. The van der Waals surface area contributed by atoms with Crippen LogP contribution in [-0.4, -0.2) is 5.91 Å². The quantitative estimate of drug-likeness (QED) is 0.507. The van der Waals surface area contributed by atoms with Crippen LogP contribution in [0.4, 0.5) is 11.4 Å². The van der Waals surface area contributed by atoms with Crippen LogP contribution in [0.1, 0.15) is 57.2 Å². The number of hydrogen-bond acceptors (Lipinski definition) is 3. The first-order chi connectivity index (χ1) is 13.1. The van der Waals surface area contributed by atoms with Crippen molar-refractivity contribution in [2.45, 2.75) is 52.9 Å². The largest absolute Gasteiger partial charge is 0.360 e. The number of carbonyl (C=O) groups is 1. The second-order valence-corrected chi connectivity index (χ2v) is 8.26. The maximum Gasteiger partial charge on any atom is 0.267 e. The Bertz CT molecular complexity index is 928. The van der Waals surface area contributed by atoms with Crippen LogP contribution in [0.5, 0.6) is 0 Å². The third-order valence-corrected chi connectivity index (χ3v) is 4.64. The number of anilines is 2. The number of nitriles is 1. The molecule has 2 N–H and O–H groups in total. The normalized spacial score (nSPS) is 11.9. The SMILES string of the molecule is Cc1cccc(C(C)C)c1NC(=O)/C(C#N)=C\Nc1ccccc1C(C)(C)C. The zero-order chi connectivity index (χ0) is 20.9. The molecule has 0 radical (unpaired) electrons. The highest BCUT2D eigenvalue weighted by Crippen LogP contribution is 2.30. The van der Waals surface area contributed by atoms with Crippen LogP contribution in [0.3, 0.4) is 0 Å². The Morgan fingerprint density at radius 1 is 1.11 bits per heavy atom. The summed E-state index contributed by atoms with van der Waals surface area (Å²) in [5.74, 6) is -0.152. The Kier molecular flexibility index (Phi) is 6.64. The van der Waals surface area contributed by atoms with E-state index >= 15 is 0 Å². The van der Waals surface area contributed by atoms with E-state index in [1.54, 1.807) is 0 Å². The predicted molar refractivity (Wildman–Crippen MR) is 116 cm³/mol. The molecule has 0 aliphatic heterocycles. The summed E-state index contributed by atoms with van der Waals surface area (Å²) < 4.78 is 0. The summed E-state index contributed by atoms with van der Waals surface area (Å²) >= 11 is 0. The molecule has 4 heteroatoms. The van der Waals surface area contributed by atoms with Crippen molar-refractivity contribution in [3.8, 4) is 6.07 Å². The van der Waals surface area contributed by atoms with Crippen molar-refractivity contribution in [1.82, 2.24) is 0 Å². The maximum absolute atomic E-state index is 12.7. The molecule has 2 rings (SSSR count). The van der Waals surface area contributed by atoms with E-state index < -0.39 is 5.91 Å². The minimum absolute atomic E-state index is 0.0293. The first-order valence-electron chi connectivity index (χ1n) is 9.52. The summed E-state index contributed by atoms with van der Waals surface area (Å²) in [6, 6.07) is 15.8. The molecule has 0 aliphatic rings. The molecule has 0 aromatic heterocycles. The average molecular weight is 376 g/mol. The van der Waals surface area contributed by atoms with Gasteiger partial charge >= 0.3 is 0 Å². The highest BCUT2D eigenvalue weighted by atomic mass is 16.1. The van der Waals surface area contributed by atoms with Gasteiger partial charge in [-0.3, -0.25) is 4.79 Å². The zero-order valence-corrected chi connectivity index (χ0v) is 17.6. The number of aryl methyl sites for hydroxylation is 1. The van der Waals surface area contributed by atoms with Gasteiger partial charge in [0.25, 0.3) is 5.91 Å². The Morgan fingerprint density at radius 3 is 2.39 bits per heavy atom. The van der Waals surface area contributed by atoms with E-state index in [1.807, 2.05) is 55.5 Å². The fraction of sp³-hybridized carbons (Fsp3) is 0.333. The summed E-state index contributed by atoms with van der Waals surface area (Å²) in [4.78, 5) is 12.7. The van der Waals surface area contributed by atoms with Gasteiger partial charge in [-0.2, -0.15) is 5.26 Å². The van der Waals surface area contributed by atoms with Crippen LogP contribution in [0.15, 0.2) is 54.2 Å². The molecule has 146 valence electrons. The predicted octanol–water partition coefficient (Wildman–Crippen LogP) is 5.87. The molecule has 0 fully saturated rings. The molecule has 0 saturated carbocycles. The highest BCUT2D eigenvalue weighted by molar-refractivity contribution is 6.07. The van der Waals surface area contributed by atoms with Gasteiger partial charge in [-0.15, -0.1) is 0 Å². The molecule has 28 heavy (non-hydrogen) atoms. The summed E-state index contributed by atoms with van der Waals surface area (Å²) in [6.45, 7) is 12.5. The minimum atomic E-state index is -0.417. The second-order valence-electron chi connectivity index (χ2n) is 8.26. The molecule has 2 aromatic carbocycles. The van der Waals surface area contributed by atoms with Crippen LogP contribution < -0.4 is 10.6 Å². The van der Waals surface area contributed by atoms with Gasteiger partial charge in [0.05, 0.1) is 0 Å². The smallest absolute Gasteiger partial charge is 0.267 e. The fourth-order valence-corrected chi connectivity index (χ4v) is 3.08. The number of nitrogens with one attached hydrogen (secondary N) is 2. The van der Waals surface area contributed by atoms with Crippen molar-refractivity contribution in [2.75, 3.05) is 10.6 Å². The average Bonchev–Trinajstić information content (AvgIpc) is 2.63. The Hall–Kier alpha value is -3.06. The number of benzene rings is 2. The summed E-state index contributed by atoms with van der Waals surface area (Å²) in [6.07, 6.45) is 1.48. The van der Waals surface area contributed by atoms with Gasteiger partial charge in [-0.1, -0.05) is 71.0 Å². The van der Waals surface area contributed by atoms with Crippen molar-refractivity contribution in [3.63, 3.8) is 0 Å². The summed E-state index contributed by atoms with van der Waals surface area (Å²) in [7, 11) is 0. The number of amides is 1. The van der Waals surface area contributed by atoms with Gasteiger partial charge in [0.15, 0.2) is 0 Å². The molecule has 0 saturated heterocycles. The lowest BCUT2D eigenvalue weighted by atomic mass is 9.86.